The molecular weight excluding hydrogens is 432 g/mol. The monoisotopic (exact) mass is 468 g/mol. The lowest BCUT2D eigenvalue weighted by atomic mass is 9.77. The van der Waals surface area contributed by atoms with Crippen molar-refractivity contribution in [3.63, 3.8) is 0 Å². The first kappa shape index (κ1) is 24.1. The molecule has 36 heavy (non-hydrogen) atoms. The predicted octanol–water partition coefficient (Wildman–Crippen LogP) is 9.45. The second-order valence-corrected chi connectivity index (χ2v) is 11.3. The molecule has 180 valence electrons. The minimum absolute atomic E-state index is 0.0419. The smallest absolute Gasteiger partial charge is 0.0284 e. The number of aryl methyl sites for hydroxylation is 2. The van der Waals surface area contributed by atoms with E-state index in [9.17, 15) is 0 Å². The van der Waals surface area contributed by atoms with Crippen molar-refractivity contribution in [2.45, 2.75) is 46.5 Å². The van der Waals surface area contributed by atoms with Crippen molar-refractivity contribution in [3.05, 3.63) is 148 Å². The summed E-state index contributed by atoms with van der Waals surface area (Å²) in [6.45, 7) is 15.7. The maximum absolute atomic E-state index is 4.57. The molecule has 0 nitrogen and oxygen atoms in total. The van der Waals surface area contributed by atoms with E-state index in [4.69, 9.17) is 0 Å². The molecule has 0 aromatic heterocycles. The van der Waals surface area contributed by atoms with E-state index in [-0.39, 0.29) is 5.41 Å². The number of hydrogen-bond acceptors (Lipinski definition) is 0. The van der Waals surface area contributed by atoms with Gasteiger partial charge in [-0.25, -0.2) is 0 Å². The van der Waals surface area contributed by atoms with Crippen molar-refractivity contribution in [2.24, 2.45) is 5.92 Å². The summed E-state index contributed by atoms with van der Waals surface area (Å²) in [5.41, 5.74) is 14.4. The standard InChI is InChI=1S/C36H36/c1-24-10-14-27(15-11-24)22-26(3)34-23-29(18-21-35(34)36(4,5)6)30-8-7-9-32-31(19-20-33(30)32)28-16-12-25(2)13-17-28/h7-21,23,32H,3,22H2,1-2,4-6H3. The third-order valence-electron chi connectivity index (χ3n) is 7.43. The summed E-state index contributed by atoms with van der Waals surface area (Å²) in [4.78, 5) is 0. The van der Waals surface area contributed by atoms with Crippen LogP contribution in [0.3, 0.4) is 0 Å². The van der Waals surface area contributed by atoms with E-state index in [1.165, 1.54) is 61.2 Å². The Morgan fingerprint density at radius 1 is 0.750 bits per heavy atom. The van der Waals surface area contributed by atoms with Crippen molar-refractivity contribution in [1.82, 2.24) is 0 Å². The summed E-state index contributed by atoms with van der Waals surface area (Å²) in [6, 6.07) is 24.7. The van der Waals surface area contributed by atoms with E-state index in [2.05, 4.69) is 138 Å². The molecule has 0 amide bonds. The molecule has 2 aliphatic rings. The number of allylic oxidation sites excluding steroid dienone is 9. The number of hydrogen-bond donors (Lipinski definition) is 0. The first-order valence-corrected chi connectivity index (χ1v) is 13.0. The van der Waals surface area contributed by atoms with Crippen LogP contribution >= 0.6 is 0 Å². The SMILES string of the molecule is C=C(Cc1ccc(C)cc1)c1cc(C2=CC=CC3C2=CC=C3c2ccc(C)cc2)ccc1C(C)(C)C. The van der Waals surface area contributed by atoms with Gasteiger partial charge < -0.3 is 0 Å². The second kappa shape index (κ2) is 9.43. The molecule has 0 radical (unpaired) electrons. The van der Waals surface area contributed by atoms with E-state index < -0.39 is 0 Å². The highest BCUT2D eigenvalue weighted by Gasteiger charge is 2.28. The number of fused-ring (bicyclic) bond motifs is 1. The molecule has 3 aromatic rings. The van der Waals surface area contributed by atoms with Crippen LogP contribution < -0.4 is 0 Å². The Hall–Kier alpha value is -3.64. The lowest BCUT2D eigenvalue weighted by Crippen LogP contribution is -2.15. The van der Waals surface area contributed by atoms with E-state index in [0.29, 0.717) is 5.92 Å². The molecule has 0 spiro atoms. The fourth-order valence-electron chi connectivity index (χ4n) is 5.37. The zero-order valence-corrected chi connectivity index (χ0v) is 22.2. The number of rotatable bonds is 5. The van der Waals surface area contributed by atoms with Crippen LogP contribution in [0.4, 0.5) is 0 Å². The van der Waals surface area contributed by atoms with Crippen molar-refractivity contribution >= 4 is 16.7 Å². The fourth-order valence-corrected chi connectivity index (χ4v) is 5.37. The van der Waals surface area contributed by atoms with Gasteiger partial charge in [0.1, 0.15) is 0 Å². The summed E-state index contributed by atoms with van der Waals surface area (Å²) >= 11 is 0. The molecule has 0 saturated carbocycles. The zero-order valence-electron chi connectivity index (χ0n) is 22.2. The third kappa shape index (κ3) is 4.73. The van der Waals surface area contributed by atoms with E-state index in [1.54, 1.807) is 0 Å². The Morgan fingerprint density at radius 3 is 2.03 bits per heavy atom. The predicted molar refractivity (Wildman–Crippen MR) is 157 cm³/mol. The highest BCUT2D eigenvalue weighted by molar-refractivity contribution is 5.92. The van der Waals surface area contributed by atoms with Crippen LogP contribution in [-0.2, 0) is 11.8 Å². The molecule has 5 rings (SSSR count). The minimum Gasteiger partial charge on any atom is -0.0949 e. The first-order valence-electron chi connectivity index (χ1n) is 13.0. The minimum atomic E-state index is 0.0419. The van der Waals surface area contributed by atoms with Gasteiger partial charge >= 0.3 is 0 Å². The summed E-state index contributed by atoms with van der Waals surface area (Å²) < 4.78 is 0. The molecule has 1 atom stereocenters. The summed E-state index contributed by atoms with van der Waals surface area (Å²) in [7, 11) is 0. The van der Waals surface area contributed by atoms with Crippen LogP contribution in [0.15, 0.2) is 109 Å². The molecule has 2 aliphatic carbocycles. The van der Waals surface area contributed by atoms with Crippen LogP contribution in [0, 0.1) is 19.8 Å². The van der Waals surface area contributed by atoms with Crippen molar-refractivity contribution < 1.29 is 0 Å². The summed E-state index contributed by atoms with van der Waals surface area (Å²) in [5.74, 6) is 0.300. The maximum Gasteiger partial charge on any atom is 0.0284 e. The lowest BCUT2D eigenvalue weighted by Gasteiger charge is -2.27. The molecular formula is C36H36. The molecule has 3 aromatic carbocycles. The normalized spacial score (nSPS) is 16.8. The van der Waals surface area contributed by atoms with Crippen LogP contribution in [0.1, 0.15) is 59.7 Å². The Kier molecular flexibility index (Phi) is 6.31. The van der Waals surface area contributed by atoms with Crippen LogP contribution in [0.2, 0.25) is 0 Å². The lowest BCUT2D eigenvalue weighted by molar-refractivity contribution is 0.588. The van der Waals surface area contributed by atoms with Gasteiger partial charge in [0, 0.05) is 5.92 Å². The average molecular weight is 469 g/mol. The van der Waals surface area contributed by atoms with Crippen LogP contribution in [-0.4, -0.2) is 0 Å². The molecule has 0 fully saturated rings. The Morgan fingerprint density at radius 2 is 1.36 bits per heavy atom. The van der Waals surface area contributed by atoms with Gasteiger partial charge in [-0.15, -0.1) is 0 Å². The molecule has 0 aliphatic heterocycles. The Bertz CT molecular complexity index is 1430. The van der Waals surface area contributed by atoms with E-state index in [0.717, 1.165) is 6.42 Å². The Labute approximate surface area is 217 Å². The van der Waals surface area contributed by atoms with Crippen molar-refractivity contribution in [2.75, 3.05) is 0 Å². The van der Waals surface area contributed by atoms with Gasteiger partial charge in [-0.1, -0.05) is 130 Å². The highest BCUT2D eigenvalue weighted by Crippen LogP contribution is 2.45. The molecule has 1 unspecified atom stereocenters. The molecule has 0 N–H and O–H groups in total. The summed E-state index contributed by atoms with van der Waals surface area (Å²) in [5, 5.41) is 0. The zero-order chi connectivity index (χ0) is 25.4. The van der Waals surface area contributed by atoms with Gasteiger partial charge in [0.15, 0.2) is 0 Å². The van der Waals surface area contributed by atoms with Gasteiger partial charge in [-0.05, 0) is 81.9 Å². The maximum atomic E-state index is 4.57. The quantitative estimate of drug-likeness (QED) is 0.350. The Balaban J connectivity index is 1.48. The van der Waals surface area contributed by atoms with E-state index in [1.807, 2.05) is 0 Å². The van der Waals surface area contributed by atoms with Gasteiger partial charge in [-0.3, -0.25) is 0 Å². The van der Waals surface area contributed by atoms with Crippen LogP contribution in [0.25, 0.3) is 16.7 Å². The molecule has 0 heteroatoms. The summed E-state index contributed by atoms with van der Waals surface area (Å²) in [6.07, 6.45) is 12.3. The highest BCUT2D eigenvalue weighted by atomic mass is 14.3. The third-order valence-corrected chi connectivity index (χ3v) is 7.43. The largest absolute Gasteiger partial charge is 0.0949 e. The van der Waals surface area contributed by atoms with Crippen LogP contribution in [0.5, 0.6) is 0 Å². The fraction of sp³-hybridized carbons (Fsp3) is 0.222. The van der Waals surface area contributed by atoms with Gasteiger partial charge in [-0.2, -0.15) is 0 Å². The van der Waals surface area contributed by atoms with Crippen molar-refractivity contribution in [3.8, 4) is 0 Å². The second-order valence-electron chi connectivity index (χ2n) is 11.3. The molecule has 0 heterocycles. The van der Waals surface area contributed by atoms with Gasteiger partial charge in [0.2, 0.25) is 0 Å². The number of benzene rings is 3. The first-order chi connectivity index (χ1) is 17.2. The topological polar surface area (TPSA) is 0 Å². The van der Waals surface area contributed by atoms with Gasteiger partial charge in [0.25, 0.3) is 0 Å². The van der Waals surface area contributed by atoms with Crippen molar-refractivity contribution in [1.29, 1.82) is 0 Å². The molecule has 0 saturated heterocycles. The molecule has 0 bridgehead atoms. The average Bonchev–Trinajstić information content (AvgIpc) is 3.29. The van der Waals surface area contributed by atoms with E-state index >= 15 is 0 Å². The van der Waals surface area contributed by atoms with Gasteiger partial charge in [0.05, 0.1) is 0 Å².